The lowest BCUT2D eigenvalue weighted by Crippen LogP contribution is -2.68. The second kappa shape index (κ2) is 3.75. The van der Waals surface area contributed by atoms with Gasteiger partial charge in [-0.1, -0.05) is 0 Å². The van der Waals surface area contributed by atoms with Crippen LogP contribution < -0.4 is 0 Å². The van der Waals surface area contributed by atoms with Crippen LogP contribution in [0.4, 0.5) is 39.5 Å². The van der Waals surface area contributed by atoms with Gasteiger partial charge in [-0.15, -0.1) is 0 Å². The number of alkyl halides is 9. The third-order valence-corrected chi connectivity index (χ3v) is 2.68. The molecule has 2 nitrogen and oxygen atoms in total. The minimum Gasteiger partial charge on any atom is -0.305 e. The van der Waals surface area contributed by atoms with Crippen molar-refractivity contribution >= 4 is 11.1 Å². The molecule has 1 atom stereocenters. The SMILES string of the molecule is O=S(O)C(C(F)(F)F)(C(F)(F)F)C(F)(F)F. The van der Waals surface area contributed by atoms with E-state index < -0.39 is 34.4 Å². The monoisotopic (exact) mass is 284 g/mol. The molecule has 0 fully saturated rings. The zero-order chi connectivity index (χ0) is 13.6. The maximum Gasteiger partial charge on any atom is 0.426 e. The topological polar surface area (TPSA) is 37.3 Å². The van der Waals surface area contributed by atoms with Crippen LogP contribution in [0, 0.1) is 0 Å². The predicted molar refractivity (Wildman–Crippen MR) is 31.7 cm³/mol. The first-order valence-electron chi connectivity index (χ1n) is 3.00. The van der Waals surface area contributed by atoms with E-state index in [1.165, 1.54) is 0 Å². The van der Waals surface area contributed by atoms with E-state index in [0.717, 1.165) is 0 Å². The van der Waals surface area contributed by atoms with Crippen LogP contribution in [0.5, 0.6) is 0 Å². The molecule has 0 aromatic rings. The molecule has 0 radical (unpaired) electrons. The zero-order valence-corrected chi connectivity index (χ0v) is 7.48. The molecule has 0 rings (SSSR count). The van der Waals surface area contributed by atoms with Gasteiger partial charge in [0.15, 0.2) is 11.1 Å². The molecule has 0 saturated carbocycles. The Labute approximate surface area is 83.7 Å². The molecule has 0 aliphatic carbocycles. The molecular weight excluding hydrogens is 283 g/mol. The van der Waals surface area contributed by atoms with Gasteiger partial charge in [0.2, 0.25) is 0 Å². The first-order chi connectivity index (χ1) is 6.69. The molecule has 0 amide bonds. The van der Waals surface area contributed by atoms with Crippen molar-refractivity contribution in [2.24, 2.45) is 0 Å². The third-order valence-electron chi connectivity index (χ3n) is 1.46. The van der Waals surface area contributed by atoms with E-state index in [0.29, 0.717) is 0 Å². The fraction of sp³-hybridized carbons (Fsp3) is 1.00. The van der Waals surface area contributed by atoms with Gasteiger partial charge in [0.1, 0.15) is 0 Å². The average molecular weight is 284 g/mol. The molecule has 0 saturated heterocycles. The van der Waals surface area contributed by atoms with E-state index in [4.69, 9.17) is 4.55 Å². The van der Waals surface area contributed by atoms with Crippen molar-refractivity contribution in [3.05, 3.63) is 0 Å². The maximum absolute atomic E-state index is 11.8. The molecule has 1 N–H and O–H groups in total. The number of rotatable bonds is 1. The van der Waals surface area contributed by atoms with E-state index >= 15 is 0 Å². The Hall–Kier alpha value is -0.520. The Morgan fingerprint density at radius 1 is 0.688 bits per heavy atom. The van der Waals surface area contributed by atoms with Crippen molar-refractivity contribution < 1.29 is 48.3 Å². The summed E-state index contributed by atoms with van der Waals surface area (Å²) in [5.41, 5.74) is 0. The summed E-state index contributed by atoms with van der Waals surface area (Å²) in [6.45, 7) is 0. The minimum absolute atomic E-state index is 5.25. The van der Waals surface area contributed by atoms with Crippen LogP contribution in [0.15, 0.2) is 0 Å². The fourth-order valence-corrected chi connectivity index (χ4v) is 1.37. The summed E-state index contributed by atoms with van der Waals surface area (Å²) in [4.78, 5) is 0. The Bertz CT molecular complexity index is 249. The number of hydrogen-bond acceptors (Lipinski definition) is 1. The standard InChI is InChI=1S/C4HF9O2S/c5-2(6,7)1(16(14)15,3(8,9)10)4(11,12)13/h(H,14,15). The molecule has 0 aromatic carbocycles. The van der Waals surface area contributed by atoms with Gasteiger partial charge in [-0.3, -0.25) is 0 Å². The van der Waals surface area contributed by atoms with E-state index in [1.807, 2.05) is 0 Å². The summed E-state index contributed by atoms with van der Waals surface area (Å²) in [7, 11) is 0. The normalized spacial score (nSPS) is 17.4. The van der Waals surface area contributed by atoms with Crippen LogP contribution in [0.2, 0.25) is 0 Å². The van der Waals surface area contributed by atoms with Crippen LogP contribution in [0.3, 0.4) is 0 Å². The van der Waals surface area contributed by atoms with Gasteiger partial charge in [-0.2, -0.15) is 39.5 Å². The van der Waals surface area contributed by atoms with Gasteiger partial charge in [0.05, 0.1) is 0 Å². The van der Waals surface area contributed by atoms with Gasteiger partial charge < -0.3 is 4.55 Å². The van der Waals surface area contributed by atoms with Gasteiger partial charge in [0, 0.05) is 0 Å². The van der Waals surface area contributed by atoms with E-state index in [1.54, 1.807) is 0 Å². The second-order valence-corrected chi connectivity index (χ2v) is 3.53. The molecule has 0 heterocycles. The van der Waals surface area contributed by atoms with Crippen LogP contribution >= 0.6 is 0 Å². The molecular formula is C4HF9O2S. The lowest BCUT2D eigenvalue weighted by atomic mass is 10.1. The largest absolute Gasteiger partial charge is 0.426 e. The molecule has 16 heavy (non-hydrogen) atoms. The first-order valence-corrected chi connectivity index (χ1v) is 4.11. The average Bonchev–Trinajstić information content (AvgIpc) is 1.71. The molecule has 1 unspecified atom stereocenters. The summed E-state index contributed by atoms with van der Waals surface area (Å²) in [5, 5.41) is 0. The molecule has 12 heteroatoms. The van der Waals surface area contributed by atoms with E-state index in [2.05, 4.69) is 0 Å². The van der Waals surface area contributed by atoms with Crippen LogP contribution in [-0.4, -0.2) is 32.0 Å². The predicted octanol–water partition coefficient (Wildman–Crippen LogP) is 2.63. The highest BCUT2D eigenvalue weighted by Gasteiger charge is 2.88. The number of hydrogen-bond donors (Lipinski definition) is 1. The third kappa shape index (κ3) is 1.99. The van der Waals surface area contributed by atoms with Gasteiger partial charge >= 0.3 is 23.3 Å². The summed E-state index contributed by atoms with van der Waals surface area (Å²) >= 11 is -5.25. The molecule has 98 valence electrons. The quantitative estimate of drug-likeness (QED) is 0.593. The summed E-state index contributed by atoms with van der Waals surface area (Å²) < 4.78 is 117. The van der Waals surface area contributed by atoms with Crippen LogP contribution in [-0.2, 0) is 11.1 Å². The van der Waals surface area contributed by atoms with Crippen molar-refractivity contribution in [3.8, 4) is 0 Å². The minimum atomic E-state index is -7.00. The van der Waals surface area contributed by atoms with Gasteiger partial charge in [0.25, 0.3) is 0 Å². The van der Waals surface area contributed by atoms with Crippen molar-refractivity contribution in [1.82, 2.24) is 0 Å². The first kappa shape index (κ1) is 15.5. The highest BCUT2D eigenvalue weighted by molar-refractivity contribution is 7.81. The fourth-order valence-electron chi connectivity index (χ4n) is 0.779. The molecule has 0 aliphatic rings. The molecule has 0 aromatic heterocycles. The maximum atomic E-state index is 11.8. The van der Waals surface area contributed by atoms with Crippen molar-refractivity contribution in [1.29, 1.82) is 0 Å². The van der Waals surface area contributed by atoms with Crippen molar-refractivity contribution in [2.45, 2.75) is 23.3 Å². The van der Waals surface area contributed by atoms with E-state index in [-0.39, 0.29) is 0 Å². The number of halogens is 9. The summed E-state index contributed by atoms with van der Waals surface area (Å²) in [5.74, 6) is 0. The van der Waals surface area contributed by atoms with Crippen LogP contribution in [0.25, 0.3) is 0 Å². The van der Waals surface area contributed by atoms with Crippen LogP contribution in [0.1, 0.15) is 0 Å². The second-order valence-electron chi connectivity index (χ2n) is 2.42. The van der Waals surface area contributed by atoms with Crippen molar-refractivity contribution in [3.63, 3.8) is 0 Å². The summed E-state index contributed by atoms with van der Waals surface area (Å²) in [6, 6.07) is 0. The molecule has 0 aliphatic heterocycles. The summed E-state index contributed by atoms with van der Waals surface area (Å²) in [6.07, 6.45) is -21.0. The highest BCUT2D eigenvalue weighted by Crippen LogP contribution is 2.55. The van der Waals surface area contributed by atoms with Crippen molar-refractivity contribution in [2.75, 3.05) is 0 Å². The lowest BCUT2D eigenvalue weighted by molar-refractivity contribution is -0.347. The molecule has 0 bridgehead atoms. The van der Waals surface area contributed by atoms with Gasteiger partial charge in [-0.05, 0) is 0 Å². The zero-order valence-electron chi connectivity index (χ0n) is 6.67. The Balaban J connectivity index is 6.17. The molecule has 0 spiro atoms. The Morgan fingerprint density at radius 2 is 0.875 bits per heavy atom. The Kier molecular flexibility index (Phi) is 3.63. The van der Waals surface area contributed by atoms with Gasteiger partial charge in [-0.25, -0.2) is 4.21 Å². The smallest absolute Gasteiger partial charge is 0.305 e. The van der Waals surface area contributed by atoms with E-state index in [9.17, 15) is 43.7 Å². The highest BCUT2D eigenvalue weighted by atomic mass is 32.2. The Morgan fingerprint density at radius 3 is 0.875 bits per heavy atom. The lowest BCUT2D eigenvalue weighted by Gasteiger charge is -2.35.